The van der Waals surface area contributed by atoms with Crippen molar-refractivity contribution in [2.24, 2.45) is 0 Å². The third-order valence-electron chi connectivity index (χ3n) is 5.68. The molecule has 0 radical (unpaired) electrons. The summed E-state index contributed by atoms with van der Waals surface area (Å²) in [6.07, 6.45) is 4.70. The van der Waals surface area contributed by atoms with Crippen molar-refractivity contribution in [3.05, 3.63) is 62.6 Å². The highest BCUT2D eigenvalue weighted by atomic mass is 35.5. The van der Waals surface area contributed by atoms with Gasteiger partial charge in [-0.05, 0) is 65.5 Å². The molecule has 1 heterocycles. The molecule has 3 rings (SSSR count). The number of hydrogen-bond donors (Lipinski definition) is 1. The molecular formula is C23H27BCl2O3. The van der Waals surface area contributed by atoms with E-state index in [9.17, 15) is 9.82 Å². The van der Waals surface area contributed by atoms with Gasteiger partial charge in [0.25, 0.3) is 0 Å². The molecule has 0 saturated heterocycles. The summed E-state index contributed by atoms with van der Waals surface area (Å²) < 4.78 is 5.33. The van der Waals surface area contributed by atoms with Gasteiger partial charge in [0.1, 0.15) is 5.78 Å². The number of carbonyl (C=O) groups is 1. The molecule has 3 nitrogen and oxygen atoms in total. The maximum absolute atomic E-state index is 13.0. The van der Waals surface area contributed by atoms with E-state index < -0.39 is 7.12 Å². The average Bonchev–Trinajstić information content (AvgIpc) is 3.06. The maximum atomic E-state index is 13.0. The number of Topliss-reactive ketones (excluding diaryl/α,β-unsaturated/α-hetero) is 1. The van der Waals surface area contributed by atoms with Gasteiger partial charge in [0.15, 0.2) is 0 Å². The first-order valence-electron chi connectivity index (χ1n) is 10.4. The Bertz CT molecular complexity index is 885. The normalized spacial score (nSPS) is 14.2. The Kier molecular flexibility index (Phi) is 7.81. The Morgan fingerprint density at radius 2 is 2.00 bits per heavy atom. The van der Waals surface area contributed by atoms with Crippen LogP contribution < -0.4 is 5.46 Å². The number of benzene rings is 2. The van der Waals surface area contributed by atoms with Gasteiger partial charge in [0, 0.05) is 22.4 Å². The summed E-state index contributed by atoms with van der Waals surface area (Å²) in [5, 5.41) is 11.1. The molecule has 2 aromatic carbocycles. The highest BCUT2D eigenvalue weighted by Crippen LogP contribution is 2.32. The van der Waals surface area contributed by atoms with Crippen LogP contribution >= 0.6 is 23.2 Å². The van der Waals surface area contributed by atoms with Gasteiger partial charge in [0.05, 0.1) is 6.61 Å². The van der Waals surface area contributed by atoms with E-state index in [-0.39, 0.29) is 11.7 Å². The Labute approximate surface area is 183 Å². The lowest BCUT2D eigenvalue weighted by Crippen LogP contribution is -2.28. The monoisotopic (exact) mass is 432 g/mol. The zero-order chi connectivity index (χ0) is 21.0. The predicted molar refractivity (Wildman–Crippen MR) is 120 cm³/mol. The molecule has 0 aliphatic carbocycles. The Morgan fingerprint density at radius 1 is 1.21 bits per heavy atom. The molecule has 0 fully saturated rings. The van der Waals surface area contributed by atoms with Crippen molar-refractivity contribution in [2.75, 3.05) is 0 Å². The smallest absolute Gasteiger partial charge is 0.423 e. The Hall–Kier alpha value is -1.33. The van der Waals surface area contributed by atoms with Crippen LogP contribution in [-0.4, -0.2) is 17.9 Å². The van der Waals surface area contributed by atoms with Gasteiger partial charge >= 0.3 is 7.12 Å². The topological polar surface area (TPSA) is 46.5 Å². The second-order valence-corrected chi connectivity index (χ2v) is 8.51. The first-order chi connectivity index (χ1) is 13.9. The van der Waals surface area contributed by atoms with Crippen LogP contribution in [0.5, 0.6) is 0 Å². The Balaban J connectivity index is 1.69. The third kappa shape index (κ3) is 5.24. The van der Waals surface area contributed by atoms with Gasteiger partial charge in [-0.2, -0.15) is 0 Å². The lowest BCUT2D eigenvalue weighted by Gasteiger charge is -2.18. The van der Waals surface area contributed by atoms with Crippen LogP contribution in [0.4, 0.5) is 0 Å². The number of halogens is 2. The number of hydrogen-bond acceptors (Lipinski definition) is 3. The van der Waals surface area contributed by atoms with Gasteiger partial charge in [-0.1, -0.05) is 61.7 Å². The van der Waals surface area contributed by atoms with Crippen molar-refractivity contribution in [2.45, 2.75) is 64.9 Å². The van der Waals surface area contributed by atoms with Crippen molar-refractivity contribution in [1.29, 1.82) is 0 Å². The van der Waals surface area contributed by atoms with Crippen LogP contribution in [0.3, 0.4) is 0 Å². The lowest BCUT2D eigenvalue weighted by atomic mass is 9.77. The average molecular weight is 433 g/mol. The molecule has 1 atom stereocenters. The predicted octanol–water partition coefficient (Wildman–Crippen LogP) is 5.25. The van der Waals surface area contributed by atoms with E-state index in [0.29, 0.717) is 23.1 Å². The van der Waals surface area contributed by atoms with E-state index in [0.717, 1.165) is 48.7 Å². The molecule has 0 saturated carbocycles. The van der Waals surface area contributed by atoms with E-state index in [1.165, 1.54) is 11.1 Å². The van der Waals surface area contributed by atoms with Crippen LogP contribution in [0.15, 0.2) is 30.3 Å². The molecule has 2 aromatic rings. The number of rotatable bonds is 9. The van der Waals surface area contributed by atoms with Gasteiger partial charge in [-0.25, -0.2) is 0 Å². The van der Waals surface area contributed by atoms with E-state index in [4.69, 9.17) is 27.9 Å². The number of fused-ring (bicyclic) bond motifs is 1. The fourth-order valence-corrected chi connectivity index (χ4v) is 4.66. The molecule has 1 unspecified atom stereocenters. The summed E-state index contributed by atoms with van der Waals surface area (Å²) in [6.45, 7) is 4.67. The largest absolute Gasteiger partial charge is 0.491 e. The second-order valence-electron chi connectivity index (χ2n) is 7.66. The minimum atomic E-state index is -0.836. The summed E-state index contributed by atoms with van der Waals surface area (Å²) in [7, 11) is -0.836. The molecule has 0 aromatic heterocycles. The summed E-state index contributed by atoms with van der Waals surface area (Å²) in [5.41, 5.74) is 5.25. The molecule has 0 bridgehead atoms. The first kappa shape index (κ1) is 22.4. The number of carbonyl (C=O) groups excluding carboxylic acids is 1. The zero-order valence-electron chi connectivity index (χ0n) is 17.0. The van der Waals surface area contributed by atoms with Crippen LogP contribution in [0.1, 0.15) is 67.7 Å². The van der Waals surface area contributed by atoms with Crippen molar-refractivity contribution >= 4 is 41.6 Å². The van der Waals surface area contributed by atoms with Crippen LogP contribution in [-0.2, 0) is 28.9 Å². The maximum Gasteiger partial charge on any atom is 0.491 e. The molecule has 1 N–H and O–H groups in total. The lowest BCUT2D eigenvalue weighted by molar-refractivity contribution is -0.120. The van der Waals surface area contributed by atoms with Crippen molar-refractivity contribution < 1.29 is 14.5 Å². The molecule has 1 aliphatic rings. The van der Waals surface area contributed by atoms with E-state index >= 15 is 0 Å². The summed E-state index contributed by atoms with van der Waals surface area (Å²) in [5.74, 6) is 0.0318. The molecule has 29 heavy (non-hydrogen) atoms. The number of aryl methyl sites for hydroxylation is 2. The van der Waals surface area contributed by atoms with E-state index in [1.54, 1.807) is 12.1 Å². The van der Waals surface area contributed by atoms with Crippen molar-refractivity contribution in [1.82, 2.24) is 0 Å². The van der Waals surface area contributed by atoms with Gasteiger partial charge in [-0.15, -0.1) is 0 Å². The van der Waals surface area contributed by atoms with E-state index in [1.807, 2.05) is 6.07 Å². The standard InChI is InChI=1S/C23H27BCl2O3/c1-3-6-20(19-10-9-18(25)13-22(19)26)23(27)8-5-7-16-12-21-17(11-15(16)4-2)14-29-24(21)28/h9-13,20,28H,3-8,14H2,1-2H3. The molecule has 6 heteroatoms. The fraction of sp³-hybridized carbons (Fsp3) is 0.435. The van der Waals surface area contributed by atoms with Gasteiger partial charge < -0.3 is 9.68 Å². The van der Waals surface area contributed by atoms with Crippen molar-refractivity contribution in [3.63, 3.8) is 0 Å². The van der Waals surface area contributed by atoms with Gasteiger partial charge in [-0.3, -0.25) is 4.79 Å². The fourth-order valence-electron chi connectivity index (χ4n) is 4.12. The highest BCUT2D eigenvalue weighted by Gasteiger charge is 2.28. The minimum Gasteiger partial charge on any atom is -0.423 e. The van der Waals surface area contributed by atoms with Gasteiger partial charge in [0.2, 0.25) is 0 Å². The first-order valence-corrected chi connectivity index (χ1v) is 11.1. The molecule has 0 amide bonds. The zero-order valence-corrected chi connectivity index (χ0v) is 18.5. The van der Waals surface area contributed by atoms with Crippen LogP contribution in [0, 0.1) is 0 Å². The molecule has 1 aliphatic heterocycles. The summed E-state index contributed by atoms with van der Waals surface area (Å²) >= 11 is 12.4. The van der Waals surface area contributed by atoms with Crippen molar-refractivity contribution in [3.8, 4) is 0 Å². The molecule has 0 spiro atoms. The SMILES string of the molecule is CCCC(C(=O)CCCc1cc2c(cc1CC)COB2O)c1ccc(Cl)cc1Cl. The third-order valence-corrected chi connectivity index (χ3v) is 6.24. The minimum absolute atomic E-state index is 0.189. The second kappa shape index (κ2) is 10.1. The molecule has 154 valence electrons. The van der Waals surface area contributed by atoms with Crippen LogP contribution in [0.2, 0.25) is 10.0 Å². The Morgan fingerprint density at radius 3 is 2.69 bits per heavy atom. The van der Waals surface area contributed by atoms with Crippen LogP contribution in [0.25, 0.3) is 0 Å². The molecular weight excluding hydrogens is 406 g/mol. The quantitative estimate of drug-likeness (QED) is 0.550. The number of ketones is 1. The highest BCUT2D eigenvalue weighted by molar-refractivity contribution is 6.61. The van der Waals surface area contributed by atoms with E-state index in [2.05, 4.69) is 26.0 Å². The summed E-state index contributed by atoms with van der Waals surface area (Å²) in [4.78, 5) is 13.0. The summed E-state index contributed by atoms with van der Waals surface area (Å²) in [6, 6.07) is 9.57.